The van der Waals surface area contributed by atoms with Crippen LogP contribution in [0.25, 0.3) is 5.65 Å². The van der Waals surface area contributed by atoms with Gasteiger partial charge in [-0.15, -0.1) is 0 Å². The summed E-state index contributed by atoms with van der Waals surface area (Å²) >= 11 is 0. The molecule has 0 fully saturated rings. The summed E-state index contributed by atoms with van der Waals surface area (Å²) in [4.78, 5) is 15.7. The maximum absolute atomic E-state index is 13.3. The Morgan fingerprint density at radius 3 is 2.65 bits per heavy atom. The molecule has 3 aromatic rings. The van der Waals surface area contributed by atoms with E-state index in [9.17, 15) is 14.3 Å². The standard InChI is InChI=1S/C15H11FN2O2/c16-11-6-7-13-17-12(8-10-4-2-1-3-5-10)14(15(19)20)18(13)9-11/h1-7,9H,8H2,(H,19,20). The second-order valence-corrected chi connectivity index (χ2v) is 4.45. The molecule has 0 bridgehead atoms. The molecular formula is C15H11FN2O2. The largest absolute Gasteiger partial charge is 0.477 e. The van der Waals surface area contributed by atoms with Crippen molar-refractivity contribution in [2.24, 2.45) is 0 Å². The van der Waals surface area contributed by atoms with Crippen molar-refractivity contribution in [2.45, 2.75) is 6.42 Å². The lowest BCUT2D eigenvalue weighted by Gasteiger charge is -2.00. The normalized spacial score (nSPS) is 10.8. The molecule has 0 radical (unpaired) electrons. The fourth-order valence-corrected chi connectivity index (χ4v) is 2.21. The van der Waals surface area contributed by atoms with Crippen LogP contribution in [0.2, 0.25) is 0 Å². The third-order valence-electron chi connectivity index (χ3n) is 3.07. The molecule has 20 heavy (non-hydrogen) atoms. The summed E-state index contributed by atoms with van der Waals surface area (Å²) in [6.45, 7) is 0. The van der Waals surface area contributed by atoms with Crippen molar-refractivity contribution in [3.63, 3.8) is 0 Å². The number of nitrogens with zero attached hydrogens (tertiary/aromatic N) is 2. The fraction of sp³-hybridized carbons (Fsp3) is 0.0667. The van der Waals surface area contributed by atoms with Gasteiger partial charge in [0.15, 0.2) is 5.69 Å². The van der Waals surface area contributed by atoms with Gasteiger partial charge in [-0.3, -0.25) is 4.40 Å². The number of rotatable bonds is 3. The molecule has 0 atom stereocenters. The summed E-state index contributed by atoms with van der Waals surface area (Å²) in [5, 5.41) is 9.34. The van der Waals surface area contributed by atoms with Gasteiger partial charge in [0.1, 0.15) is 11.5 Å². The molecule has 0 amide bonds. The minimum atomic E-state index is -1.12. The number of carboxylic acid groups (broad SMARTS) is 1. The number of carbonyl (C=O) groups is 1. The summed E-state index contributed by atoms with van der Waals surface area (Å²) in [6, 6.07) is 12.2. The maximum Gasteiger partial charge on any atom is 0.354 e. The molecule has 0 saturated heterocycles. The van der Waals surface area contributed by atoms with Crippen LogP contribution in [0.4, 0.5) is 4.39 Å². The first-order chi connectivity index (χ1) is 9.65. The Morgan fingerprint density at radius 1 is 1.20 bits per heavy atom. The molecule has 2 aromatic heterocycles. The maximum atomic E-state index is 13.3. The molecular weight excluding hydrogens is 259 g/mol. The number of imidazole rings is 1. The lowest BCUT2D eigenvalue weighted by Crippen LogP contribution is -2.06. The first-order valence-corrected chi connectivity index (χ1v) is 6.09. The van der Waals surface area contributed by atoms with E-state index in [2.05, 4.69) is 4.98 Å². The van der Waals surface area contributed by atoms with Crippen LogP contribution in [-0.4, -0.2) is 20.5 Å². The summed E-state index contributed by atoms with van der Waals surface area (Å²) in [7, 11) is 0. The highest BCUT2D eigenvalue weighted by molar-refractivity contribution is 5.88. The molecule has 0 aliphatic heterocycles. The Hall–Kier alpha value is -2.69. The van der Waals surface area contributed by atoms with E-state index in [1.807, 2.05) is 30.3 Å². The van der Waals surface area contributed by atoms with Gasteiger partial charge in [0.25, 0.3) is 0 Å². The van der Waals surface area contributed by atoms with E-state index in [1.165, 1.54) is 16.5 Å². The Balaban J connectivity index is 2.15. The van der Waals surface area contributed by atoms with E-state index in [-0.39, 0.29) is 5.69 Å². The molecule has 4 nitrogen and oxygen atoms in total. The van der Waals surface area contributed by atoms with Crippen molar-refractivity contribution in [1.29, 1.82) is 0 Å². The van der Waals surface area contributed by atoms with E-state index >= 15 is 0 Å². The summed E-state index contributed by atoms with van der Waals surface area (Å²) in [5.74, 6) is -1.61. The molecule has 2 heterocycles. The van der Waals surface area contributed by atoms with E-state index in [1.54, 1.807) is 0 Å². The minimum absolute atomic E-state index is 0.00310. The average Bonchev–Trinajstić information content (AvgIpc) is 2.77. The SMILES string of the molecule is O=C(O)c1c(Cc2ccccc2)nc2ccc(F)cn12. The molecule has 0 unspecified atom stereocenters. The summed E-state index contributed by atoms with van der Waals surface area (Å²) in [6.07, 6.45) is 1.53. The first-order valence-electron chi connectivity index (χ1n) is 6.09. The number of benzene rings is 1. The fourth-order valence-electron chi connectivity index (χ4n) is 2.21. The Morgan fingerprint density at radius 2 is 1.95 bits per heavy atom. The van der Waals surface area contributed by atoms with E-state index < -0.39 is 11.8 Å². The predicted molar refractivity (Wildman–Crippen MR) is 71.4 cm³/mol. The molecule has 5 heteroatoms. The van der Waals surface area contributed by atoms with Crippen LogP contribution in [-0.2, 0) is 6.42 Å². The van der Waals surface area contributed by atoms with Crippen LogP contribution in [0.1, 0.15) is 21.7 Å². The third kappa shape index (κ3) is 2.14. The van der Waals surface area contributed by atoms with Crippen molar-refractivity contribution >= 4 is 11.6 Å². The van der Waals surface area contributed by atoms with Gasteiger partial charge in [-0.05, 0) is 17.7 Å². The van der Waals surface area contributed by atoms with Crippen molar-refractivity contribution in [3.8, 4) is 0 Å². The zero-order valence-corrected chi connectivity index (χ0v) is 10.5. The highest BCUT2D eigenvalue weighted by Crippen LogP contribution is 2.17. The summed E-state index contributed by atoms with van der Waals surface area (Å²) in [5.41, 5.74) is 1.81. The third-order valence-corrected chi connectivity index (χ3v) is 3.07. The lowest BCUT2D eigenvalue weighted by atomic mass is 10.1. The Labute approximate surface area is 114 Å². The number of hydrogen-bond acceptors (Lipinski definition) is 2. The van der Waals surface area contributed by atoms with Gasteiger partial charge in [0.2, 0.25) is 0 Å². The zero-order chi connectivity index (χ0) is 14.1. The number of pyridine rings is 1. The molecule has 0 saturated carbocycles. The van der Waals surface area contributed by atoms with Crippen LogP contribution in [0.15, 0.2) is 48.7 Å². The number of fused-ring (bicyclic) bond motifs is 1. The number of carboxylic acids is 1. The van der Waals surface area contributed by atoms with E-state index in [0.717, 1.165) is 11.8 Å². The van der Waals surface area contributed by atoms with Gasteiger partial charge >= 0.3 is 5.97 Å². The van der Waals surface area contributed by atoms with Crippen LogP contribution in [0.5, 0.6) is 0 Å². The predicted octanol–water partition coefficient (Wildman–Crippen LogP) is 2.76. The second-order valence-electron chi connectivity index (χ2n) is 4.45. The first kappa shape index (κ1) is 12.3. The van der Waals surface area contributed by atoms with Gasteiger partial charge in [-0.1, -0.05) is 30.3 Å². The second kappa shape index (κ2) is 4.77. The van der Waals surface area contributed by atoms with Crippen LogP contribution >= 0.6 is 0 Å². The smallest absolute Gasteiger partial charge is 0.354 e. The van der Waals surface area contributed by atoms with E-state index in [4.69, 9.17) is 0 Å². The van der Waals surface area contributed by atoms with Gasteiger partial charge in [-0.2, -0.15) is 0 Å². The molecule has 100 valence electrons. The average molecular weight is 270 g/mol. The van der Waals surface area contributed by atoms with Crippen LogP contribution in [0.3, 0.4) is 0 Å². The van der Waals surface area contributed by atoms with Crippen LogP contribution < -0.4 is 0 Å². The van der Waals surface area contributed by atoms with Crippen molar-refractivity contribution in [1.82, 2.24) is 9.38 Å². The molecule has 0 spiro atoms. The molecule has 0 aliphatic carbocycles. The summed E-state index contributed by atoms with van der Waals surface area (Å²) < 4.78 is 14.5. The molecule has 0 aliphatic rings. The Bertz CT molecular complexity index is 781. The topological polar surface area (TPSA) is 54.6 Å². The molecule has 1 aromatic carbocycles. The van der Waals surface area contributed by atoms with Crippen molar-refractivity contribution in [2.75, 3.05) is 0 Å². The van der Waals surface area contributed by atoms with Crippen LogP contribution in [0, 0.1) is 5.82 Å². The van der Waals surface area contributed by atoms with Gasteiger partial charge < -0.3 is 5.11 Å². The lowest BCUT2D eigenvalue weighted by molar-refractivity contribution is 0.0688. The van der Waals surface area contributed by atoms with Crippen molar-refractivity contribution < 1.29 is 14.3 Å². The van der Waals surface area contributed by atoms with Gasteiger partial charge in [-0.25, -0.2) is 14.2 Å². The van der Waals surface area contributed by atoms with Crippen molar-refractivity contribution in [3.05, 3.63) is 71.4 Å². The van der Waals surface area contributed by atoms with Gasteiger partial charge in [0, 0.05) is 12.6 Å². The molecule has 3 rings (SSSR count). The highest BCUT2D eigenvalue weighted by Gasteiger charge is 2.18. The minimum Gasteiger partial charge on any atom is -0.477 e. The number of halogens is 1. The van der Waals surface area contributed by atoms with Gasteiger partial charge in [0.05, 0.1) is 5.69 Å². The quantitative estimate of drug-likeness (QED) is 0.796. The monoisotopic (exact) mass is 270 g/mol. The molecule has 1 N–H and O–H groups in total. The number of aromatic nitrogens is 2. The highest BCUT2D eigenvalue weighted by atomic mass is 19.1. The number of hydrogen-bond donors (Lipinski definition) is 1. The Kier molecular flexibility index (Phi) is 2.95. The zero-order valence-electron chi connectivity index (χ0n) is 10.5. The van der Waals surface area contributed by atoms with E-state index in [0.29, 0.717) is 17.8 Å². The number of aromatic carboxylic acids is 1.